The molecule has 164 valence electrons. The summed E-state index contributed by atoms with van der Waals surface area (Å²) in [4.78, 5) is 24.0. The van der Waals surface area contributed by atoms with E-state index in [1.165, 1.54) is 6.21 Å². The van der Waals surface area contributed by atoms with Crippen molar-refractivity contribution in [3.8, 4) is 5.75 Å². The Kier molecular flexibility index (Phi) is 8.11. The molecule has 0 fully saturated rings. The highest BCUT2D eigenvalue weighted by molar-refractivity contribution is 6.39. The molecule has 32 heavy (non-hydrogen) atoms. The average Bonchev–Trinajstić information content (AvgIpc) is 2.76. The zero-order chi connectivity index (χ0) is 23.1. The lowest BCUT2D eigenvalue weighted by Crippen LogP contribution is -2.32. The Morgan fingerprint density at radius 1 is 0.969 bits per heavy atom. The van der Waals surface area contributed by atoms with Crippen LogP contribution in [0.15, 0.2) is 65.8 Å². The number of hydrazone groups is 1. The molecular formula is C23H18Cl3N3O3. The fraction of sp³-hybridized carbons (Fsp3) is 0.0870. The largest absolute Gasteiger partial charge is 0.488 e. The van der Waals surface area contributed by atoms with Gasteiger partial charge in [0.2, 0.25) is 0 Å². The highest BCUT2D eigenvalue weighted by Crippen LogP contribution is 2.27. The normalized spacial score (nSPS) is 10.8. The Morgan fingerprint density at radius 2 is 1.66 bits per heavy atom. The Hall–Kier alpha value is -3.06. The van der Waals surface area contributed by atoms with Gasteiger partial charge in [0.15, 0.2) is 0 Å². The number of carbonyl (C=O) groups is 2. The Morgan fingerprint density at radius 3 is 2.34 bits per heavy atom. The zero-order valence-electron chi connectivity index (χ0n) is 16.9. The average molecular weight is 491 g/mol. The minimum atomic E-state index is -0.922. The second kappa shape index (κ2) is 11.0. The fourth-order valence-electron chi connectivity index (χ4n) is 2.61. The van der Waals surface area contributed by atoms with E-state index in [1.807, 2.05) is 19.1 Å². The number of nitrogens with zero attached hydrogens (tertiary/aromatic N) is 1. The molecule has 3 aromatic rings. The van der Waals surface area contributed by atoms with Gasteiger partial charge in [-0.2, -0.15) is 5.10 Å². The van der Waals surface area contributed by atoms with E-state index in [4.69, 9.17) is 39.5 Å². The first-order chi connectivity index (χ1) is 15.3. The van der Waals surface area contributed by atoms with Crippen LogP contribution in [0.2, 0.25) is 15.1 Å². The maximum atomic E-state index is 12.0. The third-order valence-corrected chi connectivity index (χ3v) is 5.23. The quantitative estimate of drug-likeness (QED) is 0.267. The number of ether oxygens (including phenoxy) is 1. The van der Waals surface area contributed by atoms with Crippen molar-refractivity contribution in [3.63, 3.8) is 0 Å². The van der Waals surface area contributed by atoms with E-state index in [9.17, 15) is 9.59 Å². The van der Waals surface area contributed by atoms with Crippen LogP contribution in [0.25, 0.3) is 0 Å². The van der Waals surface area contributed by atoms with Gasteiger partial charge >= 0.3 is 11.8 Å². The molecule has 0 spiro atoms. The first-order valence-corrected chi connectivity index (χ1v) is 10.5. The molecule has 0 unspecified atom stereocenters. The number of carbonyl (C=O) groups excluding carboxylic acids is 2. The zero-order valence-corrected chi connectivity index (χ0v) is 19.1. The van der Waals surface area contributed by atoms with Crippen molar-refractivity contribution in [2.45, 2.75) is 13.5 Å². The molecule has 2 N–H and O–H groups in total. The Labute approximate surface area is 200 Å². The molecule has 0 radical (unpaired) electrons. The van der Waals surface area contributed by atoms with Gasteiger partial charge in [0.05, 0.1) is 6.21 Å². The van der Waals surface area contributed by atoms with Crippen LogP contribution in [0.1, 0.15) is 16.7 Å². The van der Waals surface area contributed by atoms with Crippen LogP contribution in [-0.4, -0.2) is 18.0 Å². The molecule has 2 amide bonds. The van der Waals surface area contributed by atoms with Crippen LogP contribution in [-0.2, 0) is 16.2 Å². The summed E-state index contributed by atoms with van der Waals surface area (Å²) in [7, 11) is 0. The van der Waals surface area contributed by atoms with Crippen molar-refractivity contribution in [2.75, 3.05) is 5.32 Å². The van der Waals surface area contributed by atoms with Crippen LogP contribution in [0.3, 0.4) is 0 Å². The van der Waals surface area contributed by atoms with E-state index in [0.29, 0.717) is 37.6 Å². The summed E-state index contributed by atoms with van der Waals surface area (Å²) in [5, 5.41) is 7.73. The lowest BCUT2D eigenvalue weighted by molar-refractivity contribution is -0.136. The molecule has 9 heteroatoms. The number of benzene rings is 3. The number of aryl methyl sites for hydroxylation is 1. The summed E-state index contributed by atoms with van der Waals surface area (Å²) in [5.41, 5.74) is 4.84. The minimum absolute atomic E-state index is 0.117. The van der Waals surface area contributed by atoms with Gasteiger partial charge in [-0.1, -0.05) is 58.6 Å². The van der Waals surface area contributed by atoms with E-state index < -0.39 is 11.8 Å². The van der Waals surface area contributed by atoms with Crippen molar-refractivity contribution in [1.82, 2.24) is 5.43 Å². The third kappa shape index (κ3) is 6.47. The summed E-state index contributed by atoms with van der Waals surface area (Å²) in [6, 6.07) is 17.1. The highest BCUT2D eigenvalue weighted by atomic mass is 35.5. The summed E-state index contributed by atoms with van der Waals surface area (Å²) in [6.45, 7) is 2.04. The van der Waals surface area contributed by atoms with E-state index in [-0.39, 0.29) is 6.61 Å². The fourth-order valence-corrected chi connectivity index (χ4v) is 3.29. The maximum absolute atomic E-state index is 12.0. The molecule has 3 rings (SSSR count). The van der Waals surface area contributed by atoms with Gasteiger partial charge in [-0.3, -0.25) is 9.59 Å². The summed E-state index contributed by atoms with van der Waals surface area (Å²) in [6.07, 6.45) is 1.33. The van der Waals surface area contributed by atoms with Gasteiger partial charge < -0.3 is 10.1 Å². The van der Waals surface area contributed by atoms with Crippen molar-refractivity contribution < 1.29 is 14.3 Å². The monoisotopic (exact) mass is 489 g/mol. The predicted octanol–water partition coefficient (Wildman–Crippen LogP) is 5.62. The second-order valence-electron chi connectivity index (χ2n) is 6.69. The topological polar surface area (TPSA) is 79.8 Å². The van der Waals surface area contributed by atoms with Crippen molar-refractivity contribution in [3.05, 3.63) is 92.4 Å². The molecule has 3 aromatic carbocycles. The van der Waals surface area contributed by atoms with Crippen molar-refractivity contribution >= 4 is 58.5 Å². The van der Waals surface area contributed by atoms with Crippen molar-refractivity contribution in [2.24, 2.45) is 5.10 Å². The molecule has 6 nitrogen and oxygen atoms in total. The number of anilines is 1. The molecular weight excluding hydrogens is 473 g/mol. The lowest BCUT2D eigenvalue weighted by Gasteiger charge is -2.12. The molecule has 0 atom stereocenters. The van der Waals surface area contributed by atoms with Gasteiger partial charge in [-0.15, -0.1) is 0 Å². The number of amides is 2. The van der Waals surface area contributed by atoms with Gasteiger partial charge in [-0.25, -0.2) is 5.43 Å². The first kappa shape index (κ1) is 23.6. The third-order valence-electron chi connectivity index (χ3n) is 4.29. The molecule has 0 bridgehead atoms. The number of hydrogen-bond acceptors (Lipinski definition) is 4. The minimum Gasteiger partial charge on any atom is -0.488 e. The molecule has 0 saturated heterocycles. The van der Waals surface area contributed by atoms with E-state index in [1.54, 1.807) is 48.5 Å². The summed E-state index contributed by atoms with van der Waals surface area (Å²) in [5.74, 6) is -1.33. The number of hydrogen-bond donors (Lipinski definition) is 2. The maximum Gasteiger partial charge on any atom is 0.329 e. The number of rotatable bonds is 6. The highest BCUT2D eigenvalue weighted by Gasteiger charge is 2.13. The number of halogens is 3. The molecule has 0 aliphatic carbocycles. The molecule has 0 heterocycles. The van der Waals surface area contributed by atoms with Gasteiger partial charge in [-0.05, 0) is 49.4 Å². The number of nitrogens with one attached hydrogen (secondary N) is 2. The molecule has 0 saturated carbocycles. The van der Waals surface area contributed by atoms with Gasteiger partial charge in [0, 0.05) is 31.9 Å². The van der Waals surface area contributed by atoms with Crippen molar-refractivity contribution in [1.29, 1.82) is 0 Å². The summed E-state index contributed by atoms with van der Waals surface area (Å²) >= 11 is 18.4. The molecule has 0 aliphatic heterocycles. The Bertz CT molecular complexity index is 1140. The summed E-state index contributed by atoms with van der Waals surface area (Å²) < 4.78 is 5.82. The standard InChI is InChI=1S/C23H18Cl3N3O3/c1-14-5-8-17(9-6-14)28-22(30)23(31)29-27-12-15-11-16(24)7-10-21(15)32-13-18-19(25)3-2-4-20(18)26/h2-12H,13H2,1H3,(H,28,30)(H,29,31)/b27-12-. The lowest BCUT2D eigenvalue weighted by atomic mass is 10.2. The van der Waals surface area contributed by atoms with Gasteiger partial charge in [0.25, 0.3) is 0 Å². The molecule has 0 aromatic heterocycles. The second-order valence-corrected chi connectivity index (χ2v) is 7.94. The first-order valence-electron chi connectivity index (χ1n) is 9.40. The van der Waals surface area contributed by atoms with Crippen LogP contribution >= 0.6 is 34.8 Å². The van der Waals surface area contributed by atoms with E-state index in [0.717, 1.165) is 5.56 Å². The Balaban J connectivity index is 1.64. The van der Waals surface area contributed by atoms with Crippen LogP contribution in [0.5, 0.6) is 5.75 Å². The van der Waals surface area contributed by atoms with Crippen LogP contribution in [0.4, 0.5) is 5.69 Å². The molecule has 0 aliphatic rings. The van der Waals surface area contributed by atoms with Crippen LogP contribution in [0, 0.1) is 6.92 Å². The SMILES string of the molecule is Cc1ccc(NC(=O)C(=O)N/N=C\c2cc(Cl)ccc2OCc2c(Cl)cccc2Cl)cc1. The predicted molar refractivity (Wildman–Crippen MR) is 128 cm³/mol. The van der Waals surface area contributed by atoms with Crippen LogP contribution < -0.4 is 15.5 Å². The van der Waals surface area contributed by atoms with E-state index >= 15 is 0 Å². The smallest absolute Gasteiger partial charge is 0.329 e. The van der Waals surface area contributed by atoms with E-state index in [2.05, 4.69) is 15.8 Å². The van der Waals surface area contributed by atoms with Gasteiger partial charge in [0.1, 0.15) is 12.4 Å².